The van der Waals surface area contributed by atoms with E-state index in [1.165, 1.54) is 16.8 Å². The van der Waals surface area contributed by atoms with Crippen LogP contribution >= 0.6 is 11.6 Å². The van der Waals surface area contributed by atoms with Crippen molar-refractivity contribution < 1.29 is 4.39 Å². The third-order valence-electron chi connectivity index (χ3n) is 7.44. The number of fused-ring (bicyclic) bond motifs is 1. The maximum absolute atomic E-state index is 16.1. The number of hydrogen-bond acceptors (Lipinski definition) is 9. The minimum atomic E-state index is -1.65. The van der Waals surface area contributed by atoms with E-state index in [0.29, 0.717) is 29.2 Å². The summed E-state index contributed by atoms with van der Waals surface area (Å²) in [7, 11) is 2.10. The van der Waals surface area contributed by atoms with Crippen LogP contribution in [0.3, 0.4) is 0 Å². The molecule has 0 spiro atoms. The van der Waals surface area contributed by atoms with Gasteiger partial charge in [0.2, 0.25) is 5.95 Å². The first-order valence-electron chi connectivity index (χ1n) is 12.4. The Morgan fingerprint density at radius 2 is 1.89 bits per heavy atom. The molecule has 0 amide bonds. The van der Waals surface area contributed by atoms with Crippen molar-refractivity contribution >= 4 is 34.7 Å². The quantitative estimate of drug-likeness (QED) is 0.503. The summed E-state index contributed by atoms with van der Waals surface area (Å²) in [4.78, 5) is 13.3. The Morgan fingerprint density at radius 1 is 1.14 bits per heavy atom. The van der Waals surface area contributed by atoms with E-state index in [1.807, 2.05) is 0 Å². The van der Waals surface area contributed by atoms with Crippen LogP contribution in [-0.4, -0.2) is 74.7 Å². The Hall–Kier alpha value is -3.51. The van der Waals surface area contributed by atoms with Crippen LogP contribution in [0.25, 0.3) is 5.65 Å². The fourth-order valence-corrected chi connectivity index (χ4v) is 5.47. The van der Waals surface area contributed by atoms with Crippen LogP contribution in [0.1, 0.15) is 42.5 Å². The Bertz CT molecular complexity index is 1440. The van der Waals surface area contributed by atoms with Crippen LogP contribution in [0.5, 0.6) is 0 Å². The summed E-state index contributed by atoms with van der Waals surface area (Å²) in [5, 5.41) is 30.1. The molecular formula is C25H26ClFN10. The predicted molar refractivity (Wildman–Crippen MR) is 136 cm³/mol. The van der Waals surface area contributed by atoms with E-state index in [4.69, 9.17) is 11.6 Å². The van der Waals surface area contributed by atoms with Gasteiger partial charge in [-0.2, -0.15) is 20.0 Å². The fourth-order valence-electron chi connectivity index (χ4n) is 5.14. The van der Waals surface area contributed by atoms with Gasteiger partial charge in [-0.05, 0) is 58.0 Å². The molecule has 0 bridgehead atoms. The third kappa shape index (κ3) is 4.44. The molecule has 0 unspecified atom stereocenters. The number of alkyl halides is 1. The lowest BCUT2D eigenvalue weighted by Crippen LogP contribution is -2.61. The molecule has 4 heterocycles. The topological polar surface area (TPSA) is 121 Å². The number of nitrogens with one attached hydrogen (secondary N) is 2. The van der Waals surface area contributed by atoms with Crippen molar-refractivity contribution in [2.24, 2.45) is 0 Å². The molecule has 10 nitrogen and oxygen atoms in total. The third-order valence-corrected chi connectivity index (χ3v) is 7.84. The summed E-state index contributed by atoms with van der Waals surface area (Å²) in [6, 6.07) is 7.93. The van der Waals surface area contributed by atoms with Gasteiger partial charge >= 0.3 is 0 Å². The zero-order chi connectivity index (χ0) is 25.7. The molecule has 1 saturated carbocycles. The first kappa shape index (κ1) is 23.9. The number of hydrogen-bond donors (Lipinski definition) is 2. The number of imidazole rings is 1. The van der Waals surface area contributed by atoms with Gasteiger partial charge in [0.15, 0.2) is 22.8 Å². The Labute approximate surface area is 218 Å². The highest BCUT2D eigenvalue weighted by Crippen LogP contribution is 2.45. The number of halogens is 2. The summed E-state index contributed by atoms with van der Waals surface area (Å²) < 4.78 is 17.5. The molecule has 3 aliphatic rings. The second-order valence-electron chi connectivity index (χ2n) is 10.2. The maximum atomic E-state index is 16.1. The van der Waals surface area contributed by atoms with E-state index in [1.54, 1.807) is 6.07 Å². The normalized spacial score (nSPS) is 20.2. The molecule has 190 valence electrons. The molecule has 3 aromatic rings. The Kier molecular flexibility index (Phi) is 5.87. The van der Waals surface area contributed by atoms with Gasteiger partial charge in [0, 0.05) is 30.7 Å². The molecule has 6 rings (SSSR count). The molecule has 2 aromatic heterocycles. The van der Waals surface area contributed by atoms with Crippen LogP contribution in [0.15, 0.2) is 18.3 Å². The van der Waals surface area contributed by atoms with Crippen molar-refractivity contribution in [1.29, 1.82) is 10.5 Å². The number of nitriles is 2. The lowest BCUT2D eigenvalue weighted by molar-refractivity contribution is -0.0728. The van der Waals surface area contributed by atoms with Gasteiger partial charge in [-0.25, -0.2) is 9.37 Å². The summed E-state index contributed by atoms with van der Waals surface area (Å²) in [6.07, 6.45) is 5.52. The first-order chi connectivity index (χ1) is 17.9. The molecule has 12 heteroatoms. The molecule has 0 radical (unpaired) electrons. The molecule has 1 aromatic carbocycles. The van der Waals surface area contributed by atoms with Crippen molar-refractivity contribution in [1.82, 2.24) is 29.4 Å². The largest absolute Gasteiger partial charge is 0.364 e. The van der Waals surface area contributed by atoms with Crippen LogP contribution in [0, 0.1) is 22.7 Å². The minimum absolute atomic E-state index is 0.155. The Morgan fingerprint density at radius 3 is 2.57 bits per heavy atom. The van der Waals surface area contributed by atoms with Gasteiger partial charge in [-0.3, -0.25) is 4.90 Å². The number of rotatable bonds is 6. The van der Waals surface area contributed by atoms with Gasteiger partial charge in [0.25, 0.3) is 0 Å². The lowest BCUT2D eigenvalue weighted by Gasteiger charge is -2.50. The molecule has 0 atom stereocenters. The summed E-state index contributed by atoms with van der Waals surface area (Å²) >= 11 is 6.75. The smallest absolute Gasteiger partial charge is 0.247 e. The average Bonchev–Trinajstić information content (AvgIpc) is 3.59. The number of aromatic nitrogens is 4. The zero-order valence-corrected chi connectivity index (χ0v) is 21.1. The number of benzene rings is 1. The van der Waals surface area contributed by atoms with Gasteiger partial charge in [0.1, 0.15) is 6.07 Å². The van der Waals surface area contributed by atoms with E-state index in [9.17, 15) is 10.5 Å². The average molecular weight is 521 g/mol. The van der Waals surface area contributed by atoms with Gasteiger partial charge < -0.3 is 15.5 Å². The van der Waals surface area contributed by atoms with Crippen LogP contribution in [0.4, 0.5) is 21.8 Å². The van der Waals surface area contributed by atoms with E-state index in [2.05, 4.69) is 54.7 Å². The minimum Gasteiger partial charge on any atom is -0.364 e. The van der Waals surface area contributed by atoms with Crippen LogP contribution in [-0.2, 0) is 5.67 Å². The van der Waals surface area contributed by atoms with E-state index in [0.717, 1.165) is 38.8 Å². The molecular weight excluding hydrogens is 495 g/mol. The van der Waals surface area contributed by atoms with E-state index < -0.39 is 5.67 Å². The number of likely N-dealkylation sites (tertiary alicyclic amines) is 2. The summed E-state index contributed by atoms with van der Waals surface area (Å²) in [5.41, 5.74) is -0.0420. The molecule has 1 aliphatic carbocycles. The standard InChI is InChI=1S/C25H26ClFN10/c1-35-6-4-17(5-7-35)36-13-25(27,14-36)19-8-15(10-28)9-20(21(19)26)32-24-33-22(31-16-2-3-16)23-30-12-18(11-29)37(23)34-24/h8-9,12,16-17H,2-7,13-14H2,1H3,(H2,31,32,33,34). The van der Waals surface area contributed by atoms with Gasteiger partial charge in [-0.1, -0.05) is 11.6 Å². The van der Waals surface area contributed by atoms with Crippen molar-refractivity contribution in [3.63, 3.8) is 0 Å². The predicted octanol–water partition coefficient (Wildman–Crippen LogP) is 3.41. The van der Waals surface area contributed by atoms with Gasteiger partial charge in [-0.15, -0.1) is 5.10 Å². The van der Waals surface area contributed by atoms with Crippen LogP contribution < -0.4 is 10.6 Å². The highest BCUT2D eigenvalue weighted by molar-refractivity contribution is 6.34. The number of anilines is 3. The second kappa shape index (κ2) is 9.10. The van der Waals surface area contributed by atoms with E-state index in [-0.39, 0.29) is 40.9 Å². The Balaban J connectivity index is 1.30. The molecule has 2 saturated heterocycles. The zero-order valence-electron chi connectivity index (χ0n) is 20.4. The van der Waals surface area contributed by atoms with E-state index >= 15 is 4.39 Å². The SMILES string of the molecule is CN1CCC(N2CC(F)(c3cc(C#N)cc(Nc4nc(NC5CC5)c5ncc(C#N)n5n4)c3Cl)C2)CC1. The summed E-state index contributed by atoms with van der Waals surface area (Å²) in [6.45, 7) is 2.50. The molecule has 2 aliphatic heterocycles. The molecule has 2 N–H and O–H groups in total. The van der Waals surface area contributed by atoms with Crippen LogP contribution in [0.2, 0.25) is 5.02 Å². The number of piperidine rings is 1. The molecule has 37 heavy (non-hydrogen) atoms. The van der Waals surface area contributed by atoms with Crippen molar-refractivity contribution in [3.05, 3.63) is 40.2 Å². The highest BCUT2D eigenvalue weighted by atomic mass is 35.5. The second-order valence-corrected chi connectivity index (χ2v) is 10.6. The first-order valence-corrected chi connectivity index (χ1v) is 12.8. The maximum Gasteiger partial charge on any atom is 0.247 e. The summed E-state index contributed by atoms with van der Waals surface area (Å²) in [5.74, 6) is 0.645. The van der Waals surface area contributed by atoms with Crippen molar-refractivity contribution in [3.8, 4) is 12.1 Å². The molecule has 3 fully saturated rings. The fraction of sp³-hybridized carbons (Fsp3) is 0.480. The lowest BCUT2D eigenvalue weighted by atomic mass is 9.84. The monoisotopic (exact) mass is 520 g/mol. The van der Waals surface area contributed by atoms with Crippen molar-refractivity contribution in [2.45, 2.75) is 43.4 Å². The van der Waals surface area contributed by atoms with Crippen molar-refractivity contribution in [2.75, 3.05) is 43.9 Å². The van der Waals surface area contributed by atoms with Gasteiger partial charge in [0.05, 0.1) is 28.5 Å². The highest BCUT2D eigenvalue weighted by Gasteiger charge is 2.49. The number of nitrogens with zero attached hydrogens (tertiary/aromatic N) is 8.